The first-order valence-electron chi connectivity index (χ1n) is 7.78. The molecule has 2 aromatic carbocycles. The summed E-state index contributed by atoms with van der Waals surface area (Å²) in [5.74, 6) is 0. The molecule has 0 bridgehead atoms. The Labute approximate surface area is 155 Å². The number of hydrogen-bond donors (Lipinski definition) is 0. The van der Waals surface area contributed by atoms with Crippen molar-refractivity contribution >= 4 is 54.2 Å². The van der Waals surface area contributed by atoms with Crippen LogP contribution in [-0.4, -0.2) is 0 Å². The smallest absolute Gasteiger partial charge is 0.0358 e. The summed E-state index contributed by atoms with van der Waals surface area (Å²) < 4.78 is 2.18. The van der Waals surface area contributed by atoms with E-state index in [1.807, 2.05) is 23.5 Å². The maximum Gasteiger partial charge on any atom is 0.0358 e. The van der Waals surface area contributed by atoms with Crippen molar-refractivity contribution in [2.45, 2.75) is 13.8 Å². The highest BCUT2D eigenvalue weighted by atomic mass is 79.9. The van der Waals surface area contributed by atoms with E-state index in [2.05, 4.69) is 85.4 Å². The van der Waals surface area contributed by atoms with Gasteiger partial charge in [-0.25, -0.2) is 0 Å². The Bertz CT molecular complexity index is 1020. The molecule has 24 heavy (non-hydrogen) atoms. The monoisotopic (exact) mass is 394 g/mol. The molecule has 0 nitrogen and oxygen atoms in total. The second-order valence-electron chi connectivity index (χ2n) is 5.86. The molecule has 0 atom stereocenters. The Hall–Kier alpha value is -1.90. The summed E-state index contributed by atoms with van der Waals surface area (Å²) in [6.07, 6.45) is 6.17. The fourth-order valence-electron chi connectivity index (χ4n) is 2.82. The van der Waals surface area contributed by atoms with Crippen LogP contribution >= 0.6 is 27.3 Å². The average molecular weight is 395 g/mol. The molecule has 0 radical (unpaired) electrons. The van der Waals surface area contributed by atoms with Gasteiger partial charge >= 0.3 is 0 Å². The third-order valence-electron chi connectivity index (χ3n) is 4.14. The molecule has 1 aromatic heterocycles. The van der Waals surface area contributed by atoms with Crippen molar-refractivity contribution in [3.63, 3.8) is 0 Å². The maximum absolute atomic E-state index is 4.17. The maximum atomic E-state index is 4.17. The molecule has 2 heteroatoms. The molecule has 3 aromatic rings. The summed E-state index contributed by atoms with van der Waals surface area (Å²) in [6.45, 7) is 12.3. The van der Waals surface area contributed by atoms with Gasteiger partial charge in [0.25, 0.3) is 0 Å². The summed E-state index contributed by atoms with van der Waals surface area (Å²) in [6, 6.07) is 13.0. The summed E-state index contributed by atoms with van der Waals surface area (Å²) in [7, 11) is 0. The van der Waals surface area contributed by atoms with Gasteiger partial charge in [-0.2, -0.15) is 0 Å². The highest BCUT2D eigenvalue weighted by Crippen LogP contribution is 2.37. The molecular formula is C22H19BrS. The van der Waals surface area contributed by atoms with Gasteiger partial charge in [-0.1, -0.05) is 65.5 Å². The normalized spacial score (nSPS) is 12.4. The third-order valence-corrected chi connectivity index (χ3v) is 5.49. The largest absolute Gasteiger partial charge is 0.140 e. The second kappa shape index (κ2) is 6.92. The molecule has 0 aliphatic heterocycles. The lowest BCUT2D eigenvalue weighted by atomic mass is 9.99. The number of benzene rings is 2. The molecule has 1 heterocycles. The van der Waals surface area contributed by atoms with Gasteiger partial charge in [-0.3, -0.25) is 0 Å². The van der Waals surface area contributed by atoms with E-state index in [0.717, 1.165) is 15.6 Å². The average Bonchev–Trinajstić information content (AvgIpc) is 2.88. The fourth-order valence-corrected chi connectivity index (χ4v) is 4.01. The molecular weight excluding hydrogens is 376 g/mol. The van der Waals surface area contributed by atoms with E-state index in [-0.39, 0.29) is 0 Å². The minimum atomic E-state index is 0.847. The number of thiophene rings is 1. The molecule has 0 amide bonds. The van der Waals surface area contributed by atoms with E-state index < -0.39 is 0 Å². The van der Waals surface area contributed by atoms with Crippen molar-refractivity contribution < 1.29 is 0 Å². The topological polar surface area (TPSA) is 0 Å². The molecule has 0 saturated carbocycles. The van der Waals surface area contributed by atoms with Crippen LogP contribution in [0.2, 0.25) is 0 Å². The Kier molecular flexibility index (Phi) is 4.88. The van der Waals surface area contributed by atoms with Crippen LogP contribution in [0.15, 0.2) is 77.3 Å². The van der Waals surface area contributed by atoms with Gasteiger partial charge in [0.05, 0.1) is 0 Å². The van der Waals surface area contributed by atoms with Gasteiger partial charge in [0.1, 0.15) is 0 Å². The standard InChI is InChI=1S/C22H19BrS/c1-14(9-10-16(3)23)15(2)13-20-17(4)24-21-12-11-18-7-5-6-8-19(18)22(20)21/h5-13H,1,3H2,2,4H3/b10-9-,15-13+. The van der Waals surface area contributed by atoms with Crippen LogP contribution in [0.1, 0.15) is 17.4 Å². The van der Waals surface area contributed by atoms with Gasteiger partial charge in [0.2, 0.25) is 0 Å². The van der Waals surface area contributed by atoms with Gasteiger partial charge < -0.3 is 0 Å². The minimum absolute atomic E-state index is 0.847. The number of rotatable bonds is 4. The van der Waals surface area contributed by atoms with E-state index in [1.54, 1.807) is 0 Å². The predicted molar refractivity (Wildman–Crippen MR) is 114 cm³/mol. The minimum Gasteiger partial charge on any atom is -0.140 e. The molecule has 0 saturated heterocycles. The van der Waals surface area contributed by atoms with Gasteiger partial charge in [-0.15, -0.1) is 11.3 Å². The lowest BCUT2D eigenvalue weighted by Crippen LogP contribution is -1.82. The molecule has 120 valence electrons. The quantitative estimate of drug-likeness (QED) is 0.396. The Morgan fingerprint density at radius 2 is 1.83 bits per heavy atom. The van der Waals surface area contributed by atoms with E-state index in [4.69, 9.17) is 0 Å². The van der Waals surface area contributed by atoms with Crippen LogP contribution in [0, 0.1) is 6.92 Å². The van der Waals surface area contributed by atoms with Crippen molar-refractivity contribution in [2.24, 2.45) is 0 Å². The Balaban J connectivity index is 2.17. The van der Waals surface area contributed by atoms with Gasteiger partial charge in [0, 0.05) is 19.4 Å². The van der Waals surface area contributed by atoms with Crippen molar-refractivity contribution in [3.8, 4) is 0 Å². The van der Waals surface area contributed by atoms with E-state index in [0.29, 0.717) is 0 Å². The highest BCUT2D eigenvalue weighted by Gasteiger charge is 2.11. The van der Waals surface area contributed by atoms with E-state index >= 15 is 0 Å². The number of allylic oxidation sites excluding steroid dienone is 5. The number of hydrogen-bond acceptors (Lipinski definition) is 1. The van der Waals surface area contributed by atoms with Crippen molar-refractivity contribution in [3.05, 3.63) is 87.8 Å². The van der Waals surface area contributed by atoms with Crippen LogP contribution in [0.25, 0.3) is 26.9 Å². The predicted octanol–water partition coefficient (Wildman–Crippen LogP) is 7.79. The molecule has 0 spiro atoms. The summed E-state index contributed by atoms with van der Waals surface area (Å²) in [5.41, 5.74) is 3.46. The number of aryl methyl sites for hydroxylation is 1. The third kappa shape index (κ3) is 3.31. The van der Waals surface area contributed by atoms with Crippen molar-refractivity contribution in [1.82, 2.24) is 0 Å². The second-order valence-corrected chi connectivity index (χ2v) is 8.14. The summed E-state index contributed by atoms with van der Waals surface area (Å²) in [5, 5.41) is 3.94. The van der Waals surface area contributed by atoms with Crippen LogP contribution in [0.3, 0.4) is 0 Å². The first kappa shape index (κ1) is 16.9. The Morgan fingerprint density at radius 1 is 1.08 bits per heavy atom. The zero-order chi connectivity index (χ0) is 17.3. The fraction of sp³-hybridized carbons (Fsp3) is 0.0909. The molecule has 0 fully saturated rings. The zero-order valence-electron chi connectivity index (χ0n) is 13.9. The van der Waals surface area contributed by atoms with Gasteiger partial charge in [0.15, 0.2) is 0 Å². The van der Waals surface area contributed by atoms with E-state index in [9.17, 15) is 0 Å². The van der Waals surface area contributed by atoms with Crippen LogP contribution in [0.5, 0.6) is 0 Å². The summed E-state index contributed by atoms with van der Waals surface area (Å²) >= 11 is 5.20. The first-order chi connectivity index (χ1) is 11.5. The van der Waals surface area contributed by atoms with Crippen LogP contribution < -0.4 is 0 Å². The summed E-state index contributed by atoms with van der Waals surface area (Å²) in [4.78, 5) is 1.34. The zero-order valence-corrected chi connectivity index (χ0v) is 16.3. The number of fused-ring (bicyclic) bond motifs is 3. The molecule has 3 rings (SSSR count). The van der Waals surface area contributed by atoms with Crippen LogP contribution in [0.4, 0.5) is 0 Å². The molecule has 0 aliphatic rings. The molecule has 0 unspecified atom stereocenters. The lowest BCUT2D eigenvalue weighted by molar-refractivity contribution is 1.47. The molecule has 0 aliphatic carbocycles. The lowest BCUT2D eigenvalue weighted by Gasteiger charge is -2.04. The first-order valence-corrected chi connectivity index (χ1v) is 9.39. The molecule has 0 N–H and O–H groups in total. The Morgan fingerprint density at radius 3 is 2.58 bits per heavy atom. The van der Waals surface area contributed by atoms with Crippen molar-refractivity contribution in [2.75, 3.05) is 0 Å². The van der Waals surface area contributed by atoms with Crippen LogP contribution in [-0.2, 0) is 0 Å². The highest BCUT2D eigenvalue weighted by molar-refractivity contribution is 9.11. The van der Waals surface area contributed by atoms with Crippen molar-refractivity contribution in [1.29, 1.82) is 0 Å². The van der Waals surface area contributed by atoms with E-state index in [1.165, 1.54) is 31.3 Å². The SMILES string of the molecule is C=C(Br)/C=C\C(=C)/C(C)=C/c1c(C)sc2ccc3ccccc3c12. The number of halogens is 1. The van der Waals surface area contributed by atoms with Gasteiger partial charge in [-0.05, 0) is 59.5 Å².